The third-order valence-electron chi connectivity index (χ3n) is 3.80. The Kier molecular flexibility index (Phi) is 11.1. The molecule has 0 aliphatic rings. The lowest BCUT2D eigenvalue weighted by Gasteiger charge is -2.15. The van der Waals surface area contributed by atoms with Crippen molar-refractivity contribution in [3.8, 4) is 0 Å². The van der Waals surface area contributed by atoms with E-state index in [0.29, 0.717) is 12.3 Å². The highest BCUT2D eigenvalue weighted by atomic mass is 16.1. The van der Waals surface area contributed by atoms with Crippen molar-refractivity contribution in [3.63, 3.8) is 0 Å². The van der Waals surface area contributed by atoms with Crippen LogP contribution in [0.15, 0.2) is 11.6 Å². The highest BCUT2D eigenvalue weighted by Crippen LogP contribution is 2.22. The van der Waals surface area contributed by atoms with Gasteiger partial charge in [-0.05, 0) is 38.0 Å². The number of unbranched alkanes of at least 4 members (excludes halogenated alkanes) is 1. The van der Waals surface area contributed by atoms with Crippen LogP contribution < -0.4 is 0 Å². The van der Waals surface area contributed by atoms with Crippen molar-refractivity contribution < 1.29 is 4.79 Å². The van der Waals surface area contributed by atoms with E-state index in [9.17, 15) is 4.79 Å². The van der Waals surface area contributed by atoms with Gasteiger partial charge in [0.2, 0.25) is 0 Å². The van der Waals surface area contributed by atoms with Crippen LogP contribution in [0.25, 0.3) is 0 Å². The first-order valence-electron chi connectivity index (χ1n) is 7.73. The monoisotopic (exact) mass is 252 g/mol. The van der Waals surface area contributed by atoms with Crippen LogP contribution >= 0.6 is 0 Å². The van der Waals surface area contributed by atoms with Crippen LogP contribution in [0.4, 0.5) is 0 Å². The average molecular weight is 252 g/mol. The van der Waals surface area contributed by atoms with E-state index >= 15 is 0 Å². The summed E-state index contributed by atoms with van der Waals surface area (Å²) < 4.78 is 0. The molecule has 0 aliphatic heterocycles. The van der Waals surface area contributed by atoms with Gasteiger partial charge in [-0.2, -0.15) is 0 Å². The first-order valence-corrected chi connectivity index (χ1v) is 7.73. The zero-order chi connectivity index (χ0) is 13.8. The Bertz CT molecular complexity index is 230. The molecule has 0 heterocycles. The van der Waals surface area contributed by atoms with E-state index in [1.165, 1.54) is 37.7 Å². The zero-order valence-electron chi connectivity index (χ0n) is 12.9. The summed E-state index contributed by atoms with van der Waals surface area (Å²) in [6.07, 6.45) is 13.0. The SMILES string of the molecule is CCCCC(CC)C/C(C)=C\CCC(C)CC=O. The van der Waals surface area contributed by atoms with Crippen molar-refractivity contribution in [2.75, 3.05) is 0 Å². The minimum atomic E-state index is 0.536. The molecule has 18 heavy (non-hydrogen) atoms. The predicted octanol–water partition coefficient (Wildman–Crippen LogP) is 5.54. The van der Waals surface area contributed by atoms with Crippen molar-refractivity contribution in [2.24, 2.45) is 11.8 Å². The molecule has 2 unspecified atom stereocenters. The van der Waals surface area contributed by atoms with Crippen molar-refractivity contribution in [3.05, 3.63) is 11.6 Å². The Hall–Kier alpha value is -0.590. The fourth-order valence-corrected chi connectivity index (χ4v) is 2.38. The fourth-order valence-electron chi connectivity index (χ4n) is 2.38. The van der Waals surface area contributed by atoms with Crippen LogP contribution in [-0.4, -0.2) is 6.29 Å². The molecule has 1 heteroatoms. The van der Waals surface area contributed by atoms with Crippen molar-refractivity contribution >= 4 is 6.29 Å². The summed E-state index contributed by atoms with van der Waals surface area (Å²) in [5.41, 5.74) is 1.54. The number of allylic oxidation sites excluding steroid dienone is 2. The van der Waals surface area contributed by atoms with E-state index in [1.807, 2.05) is 0 Å². The first kappa shape index (κ1) is 17.4. The maximum atomic E-state index is 10.4. The van der Waals surface area contributed by atoms with Crippen LogP contribution in [0.1, 0.15) is 79.1 Å². The van der Waals surface area contributed by atoms with Gasteiger partial charge >= 0.3 is 0 Å². The van der Waals surface area contributed by atoms with Crippen molar-refractivity contribution in [1.82, 2.24) is 0 Å². The Balaban J connectivity index is 3.89. The van der Waals surface area contributed by atoms with Gasteiger partial charge in [-0.15, -0.1) is 0 Å². The van der Waals surface area contributed by atoms with Gasteiger partial charge in [-0.25, -0.2) is 0 Å². The molecular weight excluding hydrogens is 220 g/mol. The van der Waals surface area contributed by atoms with Crippen LogP contribution in [0, 0.1) is 11.8 Å². The van der Waals surface area contributed by atoms with Crippen molar-refractivity contribution in [2.45, 2.75) is 79.1 Å². The van der Waals surface area contributed by atoms with Gasteiger partial charge in [0, 0.05) is 6.42 Å². The Labute approximate surface area is 114 Å². The maximum absolute atomic E-state index is 10.4. The van der Waals surface area contributed by atoms with E-state index in [1.54, 1.807) is 0 Å². The van der Waals surface area contributed by atoms with E-state index < -0.39 is 0 Å². The molecule has 0 aromatic heterocycles. The second-order valence-electron chi connectivity index (χ2n) is 5.76. The smallest absolute Gasteiger partial charge is 0.120 e. The molecule has 0 saturated carbocycles. The molecule has 2 atom stereocenters. The van der Waals surface area contributed by atoms with E-state index in [2.05, 4.69) is 33.8 Å². The molecule has 0 saturated heterocycles. The Morgan fingerprint density at radius 2 is 1.94 bits per heavy atom. The number of hydrogen-bond donors (Lipinski definition) is 0. The van der Waals surface area contributed by atoms with Crippen LogP contribution in [0.2, 0.25) is 0 Å². The van der Waals surface area contributed by atoms with Gasteiger partial charge in [0.25, 0.3) is 0 Å². The second kappa shape index (κ2) is 11.5. The number of aldehydes is 1. The number of hydrogen-bond acceptors (Lipinski definition) is 1. The average Bonchev–Trinajstić information content (AvgIpc) is 2.34. The summed E-state index contributed by atoms with van der Waals surface area (Å²) in [4.78, 5) is 10.4. The molecule has 0 aromatic carbocycles. The van der Waals surface area contributed by atoms with Gasteiger partial charge in [-0.3, -0.25) is 0 Å². The molecule has 0 N–H and O–H groups in total. The van der Waals surface area contributed by atoms with Gasteiger partial charge in [0.05, 0.1) is 0 Å². The van der Waals surface area contributed by atoms with Crippen molar-refractivity contribution in [1.29, 1.82) is 0 Å². The molecule has 0 amide bonds. The first-order chi connectivity index (χ1) is 8.63. The highest BCUT2D eigenvalue weighted by Gasteiger charge is 2.06. The van der Waals surface area contributed by atoms with E-state index in [-0.39, 0.29) is 0 Å². The van der Waals surface area contributed by atoms with Gasteiger partial charge in [0.1, 0.15) is 6.29 Å². The second-order valence-corrected chi connectivity index (χ2v) is 5.76. The highest BCUT2D eigenvalue weighted by molar-refractivity contribution is 5.49. The number of rotatable bonds is 11. The molecule has 0 fully saturated rings. The third-order valence-corrected chi connectivity index (χ3v) is 3.80. The number of carbonyl (C=O) groups excluding carboxylic acids is 1. The molecule has 0 aliphatic carbocycles. The normalized spacial score (nSPS) is 15.4. The third kappa shape index (κ3) is 9.44. The lowest BCUT2D eigenvalue weighted by Crippen LogP contribution is -2.00. The molecule has 0 aromatic rings. The molecular formula is C17H32O. The quantitative estimate of drug-likeness (QED) is 0.348. The molecule has 0 bridgehead atoms. The largest absolute Gasteiger partial charge is 0.303 e. The van der Waals surface area contributed by atoms with E-state index in [4.69, 9.17) is 0 Å². The minimum absolute atomic E-state index is 0.536. The zero-order valence-corrected chi connectivity index (χ0v) is 12.9. The van der Waals surface area contributed by atoms with Gasteiger partial charge in [-0.1, -0.05) is 58.1 Å². The van der Waals surface area contributed by atoms with Crippen LogP contribution in [0.5, 0.6) is 0 Å². The summed E-state index contributed by atoms with van der Waals surface area (Å²) in [7, 11) is 0. The predicted molar refractivity (Wildman–Crippen MR) is 80.8 cm³/mol. The summed E-state index contributed by atoms with van der Waals surface area (Å²) in [5.74, 6) is 1.40. The van der Waals surface area contributed by atoms with Gasteiger partial charge in [0.15, 0.2) is 0 Å². The van der Waals surface area contributed by atoms with Crippen LogP contribution in [0.3, 0.4) is 0 Å². The molecule has 1 nitrogen and oxygen atoms in total. The topological polar surface area (TPSA) is 17.1 Å². The minimum Gasteiger partial charge on any atom is -0.303 e. The standard InChI is InChI=1S/C17H32O/c1-5-7-11-17(6-2)14-16(4)10-8-9-15(3)12-13-18/h10,13,15,17H,5-9,11-12,14H2,1-4H3/b16-10-. The Morgan fingerprint density at radius 1 is 1.22 bits per heavy atom. The fraction of sp³-hybridized carbons (Fsp3) is 0.824. The lowest BCUT2D eigenvalue weighted by atomic mass is 9.91. The molecule has 106 valence electrons. The van der Waals surface area contributed by atoms with E-state index in [0.717, 1.165) is 25.0 Å². The Morgan fingerprint density at radius 3 is 2.50 bits per heavy atom. The summed E-state index contributed by atoms with van der Waals surface area (Å²) in [6, 6.07) is 0. The summed E-state index contributed by atoms with van der Waals surface area (Å²) in [6.45, 7) is 9.00. The molecule has 0 radical (unpaired) electrons. The summed E-state index contributed by atoms with van der Waals surface area (Å²) >= 11 is 0. The van der Waals surface area contributed by atoms with Crippen LogP contribution in [-0.2, 0) is 4.79 Å². The summed E-state index contributed by atoms with van der Waals surface area (Å²) in [5, 5.41) is 0. The maximum Gasteiger partial charge on any atom is 0.120 e. The van der Waals surface area contributed by atoms with Gasteiger partial charge < -0.3 is 4.79 Å². The molecule has 0 spiro atoms. The molecule has 0 rings (SSSR count). The lowest BCUT2D eigenvalue weighted by molar-refractivity contribution is -0.108. The number of carbonyl (C=O) groups is 1.